The molecule has 10 heteroatoms. The topological polar surface area (TPSA) is 104 Å². The van der Waals surface area contributed by atoms with Crippen molar-refractivity contribution < 1.29 is 27.5 Å². The Balaban J connectivity index is 1.72. The number of alkyl halides is 3. The van der Waals surface area contributed by atoms with Crippen molar-refractivity contribution in [3.8, 4) is 11.8 Å². The molecule has 1 aliphatic rings. The number of benzene rings is 2. The van der Waals surface area contributed by atoms with Gasteiger partial charge in [0.2, 0.25) is 0 Å². The number of amides is 1. The van der Waals surface area contributed by atoms with Crippen LogP contribution in [0.5, 0.6) is 5.75 Å². The van der Waals surface area contributed by atoms with Gasteiger partial charge < -0.3 is 10.1 Å². The minimum Gasteiger partial charge on any atom is -0.427 e. The SMILES string of the molecule is CC(=O)Oc1ccc(C2=NNC(C)(C(=O)Nc3ccc(C#N)c(C(F)(F)F)c3)C2)cc1. The maximum atomic E-state index is 13.1. The first kappa shape index (κ1) is 21.8. The lowest BCUT2D eigenvalue weighted by Crippen LogP contribution is -2.47. The van der Waals surface area contributed by atoms with E-state index in [4.69, 9.17) is 10.00 Å². The molecule has 0 radical (unpaired) electrons. The van der Waals surface area contributed by atoms with Gasteiger partial charge in [-0.2, -0.15) is 23.5 Å². The summed E-state index contributed by atoms with van der Waals surface area (Å²) in [5, 5.41) is 15.5. The fraction of sp³-hybridized carbons (Fsp3) is 0.238. The third-order valence-electron chi connectivity index (χ3n) is 4.61. The summed E-state index contributed by atoms with van der Waals surface area (Å²) in [6.07, 6.45) is -4.55. The second-order valence-corrected chi connectivity index (χ2v) is 7.12. The van der Waals surface area contributed by atoms with E-state index in [1.54, 1.807) is 31.2 Å². The maximum Gasteiger partial charge on any atom is 0.417 e. The van der Waals surface area contributed by atoms with E-state index in [1.165, 1.54) is 19.1 Å². The molecule has 0 saturated heterocycles. The molecule has 1 atom stereocenters. The lowest BCUT2D eigenvalue weighted by Gasteiger charge is -2.23. The van der Waals surface area contributed by atoms with Gasteiger partial charge in [0, 0.05) is 19.0 Å². The van der Waals surface area contributed by atoms with Crippen molar-refractivity contribution in [2.24, 2.45) is 5.10 Å². The van der Waals surface area contributed by atoms with Crippen molar-refractivity contribution in [3.63, 3.8) is 0 Å². The van der Waals surface area contributed by atoms with Crippen molar-refractivity contribution in [3.05, 3.63) is 59.2 Å². The van der Waals surface area contributed by atoms with Crippen molar-refractivity contribution in [1.82, 2.24) is 5.43 Å². The molecule has 0 aliphatic carbocycles. The number of carbonyl (C=O) groups is 2. The number of carbonyl (C=O) groups excluding carboxylic acids is 2. The van der Waals surface area contributed by atoms with Gasteiger partial charge in [0.1, 0.15) is 11.3 Å². The number of hydrogen-bond acceptors (Lipinski definition) is 6. The Morgan fingerprint density at radius 3 is 2.48 bits per heavy atom. The zero-order valence-electron chi connectivity index (χ0n) is 16.5. The number of esters is 1. The van der Waals surface area contributed by atoms with Crippen LogP contribution in [-0.2, 0) is 15.8 Å². The molecule has 0 spiro atoms. The van der Waals surface area contributed by atoms with E-state index in [0.29, 0.717) is 17.0 Å². The molecule has 7 nitrogen and oxygen atoms in total. The maximum absolute atomic E-state index is 13.1. The summed E-state index contributed by atoms with van der Waals surface area (Å²) in [6.45, 7) is 2.86. The molecule has 1 heterocycles. The van der Waals surface area contributed by atoms with Gasteiger partial charge in [-0.3, -0.25) is 15.0 Å². The fourth-order valence-corrected chi connectivity index (χ4v) is 3.01. The Bertz CT molecular complexity index is 1100. The minimum atomic E-state index is -4.73. The molecule has 3 rings (SSSR count). The normalized spacial score (nSPS) is 17.9. The second kappa shape index (κ2) is 8.10. The number of nitrogens with zero attached hydrogens (tertiary/aromatic N) is 2. The zero-order valence-corrected chi connectivity index (χ0v) is 16.5. The van der Waals surface area contributed by atoms with E-state index in [-0.39, 0.29) is 12.1 Å². The van der Waals surface area contributed by atoms with Gasteiger partial charge in [0.25, 0.3) is 5.91 Å². The summed E-state index contributed by atoms with van der Waals surface area (Å²) in [5.74, 6) is -0.668. The molecule has 1 unspecified atom stereocenters. The van der Waals surface area contributed by atoms with Gasteiger partial charge in [0.15, 0.2) is 0 Å². The summed E-state index contributed by atoms with van der Waals surface area (Å²) < 4.78 is 44.4. The zero-order chi connectivity index (χ0) is 22.8. The molecule has 0 aromatic heterocycles. The molecule has 2 N–H and O–H groups in total. The summed E-state index contributed by atoms with van der Waals surface area (Å²) in [7, 11) is 0. The van der Waals surface area contributed by atoms with E-state index in [9.17, 15) is 22.8 Å². The Morgan fingerprint density at radius 2 is 1.90 bits per heavy atom. The molecule has 1 amide bonds. The van der Waals surface area contributed by atoms with Gasteiger partial charge in [-0.25, -0.2) is 0 Å². The van der Waals surface area contributed by atoms with Crippen LogP contribution in [0, 0.1) is 11.3 Å². The van der Waals surface area contributed by atoms with Gasteiger partial charge in [-0.1, -0.05) is 0 Å². The molecular formula is C21H17F3N4O3. The van der Waals surface area contributed by atoms with Crippen molar-refractivity contribution >= 4 is 23.3 Å². The molecular weight excluding hydrogens is 413 g/mol. The molecule has 1 aliphatic heterocycles. The number of nitriles is 1. The average molecular weight is 430 g/mol. The van der Waals surface area contributed by atoms with Crippen LogP contribution >= 0.6 is 0 Å². The predicted molar refractivity (Wildman–Crippen MR) is 105 cm³/mol. The van der Waals surface area contributed by atoms with Crippen molar-refractivity contribution in [1.29, 1.82) is 5.26 Å². The standard InChI is InChI=1S/C21H17F3N4O3/c1-12(29)31-16-7-4-13(5-8-16)18-10-20(2,28-27-18)19(30)26-15-6-3-14(11-25)17(9-15)21(22,23)24/h3-9,28H,10H2,1-2H3,(H,26,30). The van der Waals surface area contributed by atoms with Gasteiger partial charge in [-0.15, -0.1) is 0 Å². The summed E-state index contributed by atoms with van der Waals surface area (Å²) in [4.78, 5) is 23.8. The van der Waals surface area contributed by atoms with Gasteiger partial charge >= 0.3 is 12.1 Å². The third-order valence-corrected chi connectivity index (χ3v) is 4.61. The predicted octanol–water partition coefficient (Wildman–Crippen LogP) is 3.60. The fourth-order valence-electron chi connectivity index (χ4n) is 3.01. The number of halogens is 3. The van der Waals surface area contributed by atoms with Gasteiger partial charge in [-0.05, 0) is 55.0 Å². The highest BCUT2D eigenvalue weighted by molar-refractivity contribution is 6.09. The van der Waals surface area contributed by atoms with Crippen LogP contribution in [-0.4, -0.2) is 23.1 Å². The molecule has 2 aromatic rings. The van der Waals surface area contributed by atoms with Crippen molar-refractivity contribution in [2.45, 2.75) is 32.0 Å². The van der Waals surface area contributed by atoms with E-state index in [2.05, 4.69) is 15.8 Å². The van der Waals surface area contributed by atoms with E-state index < -0.39 is 34.7 Å². The average Bonchev–Trinajstić information content (AvgIpc) is 3.11. The highest BCUT2D eigenvalue weighted by atomic mass is 19.4. The van der Waals surface area contributed by atoms with Crippen LogP contribution < -0.4 is 15.5 Å². The summed E-state index contributed by atoms with van der Waals surface area (Å²) in [6, 6.07) is 11.0. The van der Waals surface area contributed by atoms with Crippen LogP contribution in [0.4, 0.5) is 18.9 Å². The first-order chi connectivity index (χ1) is 14.5. The van der Waals surface area contributed by atoms with E-state index in [0.717, 1.165) is 12.1 Å². The Hall–Kier alpha value is -3.87. The lowest BCUT2D eigenvalue weighted by atomic mass is 9.93. The molecule has 0 fully saturated rings. The Labute approximate surface area is 175 Å². The number of nitrogens with one attached hydrogen (secondary N) is 2. The van der Waals surface area contributed by atoms with E-state index in [1.807, 2.05) is 0 Å². The highest BCUT2D eigenvalue weighted by Crippen LogP contribution is 2.34. The molecule has 0 saturated carbocycles. The first-order valence-corrected chi connectivity index (χ1v) is 9.07. The summed E-state index contributed by atoms with van der Waals surface area (Å²) in [5.41, 5.74) is 1.05. The Morgan fingerprint density at radius 1 is 1.23 bits per heavy atom. The number of rotatable bonds is 4. The van der Waals surface area contributed by atoms with Crippen LogP contribution in [0.3, 0.4) is 0 Å². The minimum absolute atomic E-state index is 0.0847. The number of anilines is 1. The molecule has 0 bridgehead atoms. The quantitative estimate of drug-likeness (QED) is 0.570. The van der Waals surface area contributed by atoms with Crippen LogP contribution in [0.15, 0.2) is 47.6 Å². The number of ether oxygens (including phenoxy) is 1. The first-order valence-electron chi connectivity index (χ1n) is 9.07. The summed E-state index contributed by atoms with van der Waals surface area (Å²) >= 11 is 0. The molecule has 31 heavy (non-hydrogen) atoms. The van der Waals surface area contributed by atoms with Crippen LogP contribution in [0.1, 0.15) is 37.0 Å². The monoisotopic (exact) mass is 430 g/mol. The van der Waals surface area contributed by atoms with Crippen LogP contribution in [0.2, 0.25) is 0 Å². The number of hydrazone groups is 1. The lowest BCUT2D eigenvalue weighted by molar-refractivity contribution is -0.138. The molecule has 2 aromatic carbocycles. The molecule has 160 valence electrons. The van der Waals surface area contributed by atoms with Crippen molar-refractivity contribution in [2.75, 3.05) is 5.32 Å². The third kappa shape index (κ3) is 4.83. The van der Waals surface area contributed by atoms with E-state index >= 15 is 0 Å². The Kier molecular flexibility index (Phi) is 5.71. The number of hydrogen-bond donors (Lipinski definition) is 2. The highest BCUT2D eigenvalue weighted by Gasteiger charge is 2.39. The van der Waals surface area contributed by atoms with Gasteiger partial charge in [0.05, 0.1) is 22.9 Å². The second-order valence-electron chi connectivity index (χ2n) is 7.12. The smallest absolute Gasteiger partial charge is 0.417 e. The largest absolute Gasteiger partial charge is 0.427 e. The van der Waals surface area contributed by atoms with Crippen LogP contribution in [0.25, 0.3) is 0 Å².